The van der Waals surface area contributed by atoms with Gasteiger partial charge < -0.3 is 44.5 Å². The highest BCUT2D eigenvalue weighted by molar-refractivity contribution is 5.89. The third-order valence-electron chi connectivity index (χ3n) is 4.07. The van der Waals surface area contributed by atoms with Gasteiger partial charge in [0.1, 0.15) is 24.3 Å². The largest absolute Gasteiger partial charge is 0.481 e. The summed E-state index contributed by atoms with van der Waals surface area (Å²) in [5.74, 6) is -4.93. The molecule has 2 aliphatic rings. The average molecular weight is 410 g/mol. The number of rotatable bonds is 7. The van der Waals surface area contributed by atoms with E-state index in [-0.39, 0.29) is 5.57 Å². The lowest BCUT2D eigenvalue weighted by molar-refractivity contribution is -0.339. The molecular weight excluding hydrogens is 380 g/mol. The maximum absolute atomic E-state index is 12.0. The van der Waals surface area contributed by atoms with Crippen molar-refractivity contribution in [3.63, 3.8) is 0 Å². The van der Waals surface area contributed by atoms with Crippen LogP contribution in [-0.4, -0.2) is 88.0 Å². The normalized spacial score (nSPS) is 52.2. The molecular formula is C17H24O11. The Morgan fingerprint density at radius 3 is 2.57 bits per heavy atom. The molecule has 0 bridgehead atoms. The van der Waals surface area contributed by atoms with Gasteiger partial charge in [0.15, 0.2) is 6.27 Å². The second kappa shape index (κ2) is 9.45. The third kappa shape index (κ3) is 4.51. The van der Waals surface area contributed by atoms with Crippen molar-refractivity contribution in [3.05, 3.63) is 24.5 Å². The van der Waals surface area contributed by atoms with Crippen molar-refractivity contribution in [2.45, 2.75) is 43.3 Å². The summed E-state index contributed by atoms with van der Waals surface area (Å²) in [6.07, 6.45) is -19.6. The van der Waals surface area contributed by atoms with Crippen LogP contribution in [0.1, 0.15) is 14.6 Å². The van der Waals surface area contributed by atoms with Gasteiger partial charge in [0.2, 0.25) is 6.29 Å². The summed E-state index contributed by atoms with van der Waals surface area (Å²) in [6, 6.07) is 0. The number of aliphatic hydroxyl groups is 4. The van der Waals surface area contributed by atoms with Gasteiger partial charge in [-0.15, -0.1) is 6.58 Å². The standard InChI is InChI=1S/C17H24O11/c1-3-7-8(4-11(19)20)9(15(24)25-2)6-26-16(7)28-17-14(23)13(22)12(21)10(5-18)27-17/h3,6-8,10,12-14,16-18,21-23H,1,4-5H2,2H3,(H,19,20)/t7-,8+,10?,12?,13?,14?,16?,17?/m1/s1/i5D2,12D,13D,14D,17D. The van der Waals surface area contributed by atoms with Crippen molar-refractivity contribution in [1.82, 2.24) is 0 Å². The smallest absolute Gasteiger partial charge is 0.337 e. The van der Waals surface area contributed by atoms with E-state index in [0.717, 1.165) is 19.4 Å². The van der Waals surface area contributed by atoms with Crippen LogP contribution in [0.15, 0.2) is 24.5 Å². The summed E-state index contributed by atoms with van der Waals surface area (Å²) >= 11 is 0. The fourth-order valence-corrected chi connectivity index (χ4v) is 2.69. The van der Waals surface area contributed by atoms with E-state index in [1.54, 1.807) is 0 Å². The van der Waals surface area contributed by atoms with Gasteiger partial charge in [-0.25, -0.2) is 4.79 Å². The second-order valence-electron chi connectivity index (χ2n) is 5.70. The fourth-order valence-electron chi connectivity index (χ4n) is 2.69. The van der Waals surface area contributed by atoms with Gasteiger partial charge in [-0.2, -0.15) is 0 Å². The molecule has 1 saturated heterocycles. The van der Waals surface area contributed by atoms with Crippen molar-refractivity contribution < 1.29 is 62.3 Å². The molecule has 0 saturated carbocycles. The fraction of sp³-hybridized carbons (Fsp3) is 0.647. The minimum absolute atomic E-state index is 0.276. The summed E-state index contributed by atoms with van der Waals surface area (Å²) in [6.45, 7) is -0.232. The summed E-state index contributed by atoms with van der Waals surface area (Å²) < 4.78 is 65.9. The minimum atomic E-state index is -4.12. The topological polar surface area (TPSA) is 172 Å². The summed E-state index contributed by atoms with van der Waals surface area (Å²) in [4.78, 5) is 23.4. The summed E-state index contributed by atoms with van der Waals surface area (Å²) in [5, 5.41) is 49.8. The maximum Gasteiger partial charge on any atom is 0.337 e. The van der Waals surface area contributed by atoms with Crippen molar-refractivity contribution >= 4 is 11.9 Å². The van der Waals surface area contributed by atoms with Crippen LogP contribution >= 0.6 is 0 Å². The molecule has 2 rings (SSSR count). The number of carboxylic acid groups (broad SMARTS) is 1. The quantitative estimate of drug-likeness (QED) is 0.235. The second-order valence-corrected chi connectivity index (χ2v) is 5.70. The molecule has 0 aromatic rings. The number of aliphatic carboxylic acids is 1. The molecule has 0 aromatic heterocycles. The van der Waals surface area contributed by atoms with Gasteiger partial charge in [-0.3, -0.25) is 4.79 Å². The Hall–Kier alpha value is -2.02. The Labute approximate surface area is 168 Å². The van der Waals surface area contributed by atoms with Crippen molar-refractivity contribution in [3.8, 4) is 0 Å². The van der Waals surface area contributed by atoms with E-state index >= 15 is 0 Å². The van der Waals surface area contributed by atoms with E-state index in [4.69, 9.17) is 22.4 Å². The SMILES string of the molecule is [2H]C([2H])(O)C1OC([2H])(OC2OC=C(C(=O)OC)[C@@H](CC(=O)O)[C@H]2C=C)C([2H])(O)C([2H])(O)C1([2H])O. The summed E-state index contributed by atoms with van der Waals surface area (Å²) in [5.41, 5.74) is -0.276. The first-order valence-corrected chi connectivity index (χ1v) is 7.81. The summed E-state index contributed by atoms with van der Waals surface area (Å²) in [7, 11) is 1.02. The van der Waals surface area contributed by atoms with Crippen molar-refractivity contribution in [2.75, 3.05) is 13.7 Å². The number of methoxy groups -OCH3 is 1. The van der Waals surface area contributed by atoms with Crippen LogP contribution in [0.4, 0.5) is 0 Å². The zero-order chi connectivity index (χ0) is 26.5. The van der Waals surface area contributed by atoms with Gasteiger partial charge in [-0.1, -0.05) is 6.08 Å². The Morgan fingerprint density at radius 2 is 2.04 bits per heavy atom. The number of ether oxygens (including phenoxy) is 4. The van der Waals surface area contributed by atoms with Crippen LogP contribution in [0.5, 0.6) is 0 Å². The molecule has 8 atom stereocenters. The van der Waals surface area contributed by atoms with Crippen LogP contribution in [-0.2, 0) is 28.5 Å². The average Bonchev–Trinajstić information content (AvgIpc) is 2.69. The first-order chi connectivity index (χ1) is 15.3. The predicted molar refractivity (Wildman–Crippen MR) is 89.3 cm³/mol. The number of esters is 1. The Bertz CT molecular complexity index is 871. The van der Waals surface area contributed by atoms with Crippen LogP contribution < -0.4 is 0 Å². The molecule has 11 nitrogen and oxygen atoms in total. The van der Waals surface area contributed by atoms with E-state index in [1.807, 2.05) is 0 Å². The molecule has 2 aliphatic heterocycles. The van der Waals surface area contributed by atoms with Crippen LogP contribution in [0.3, 0.4) is 0 Å². The van der Waals surface area contributed by atoms with E-state index in [1.165, 1.54) is 0 Å². The van der Waals surface area contributed by atoms with Crippen LogP contribution in [0, 0.1) is 11.8 Å². The lowest BCUT2D eigenvalue weighted by atomic mass is 9.81. The van der Waals surface area contributed by atoms with E-state index in [2.05, 4.69) is 11.3 Å². The van der Waals surface area contributed by atoms with Gasteiger partial charge in [0.25, 0.3) is 0 Å². The zero-order valence-corrected chi connectivity index (χ0v) is 14.6. The maximum atomic E-state index is 12.0. The van der Waals surface area contributed by atoms with E-state index in [0.29, 0.717) is 0 Å². The van der Waals surface area contributed by atoms with Gasteiger partial charge in [0, 0.05) is 11.8 Å². The van der Waals surface area contributed by atoms with Crippen LogP contribution in [0.2, 0.25) is 0 Å². The van der Waals surface area contributed by atoms with E-state index in [9.17, 15) is 35.1 Å². The zero-order valence-electron chi connectivity index (χ0n) is 20.6. The molecule has 0 aromatic carbocycles. The molecule has 28 heavy (non-hydrogen) atoms. The third-order valence-corrected chi connectivity index (χ3v) is 4.07. The Balaban J connectivity index is 2.56. The van der Waals surface area contributed by atoms with E-state index < -0.39 is 73.7 Å². The first-order valence-electron chi connectivity index (χ1n) is 10.8. The van der Waals surface area contributed by atoms with Gasteiger partial charge >= 0.3 is 11.9 Å². The number of hydrogen-bond acceptors (Lipinski definition) is 10. The lowest BCUT2D eigenvalue weighted by Crippen LogP contribution is -2.60. The molecule has 2 heterocycles. The molecule has 0 amide bonds. The van der Waals surface area contributed by atoms with Crippen LogP contribution in [0.25, 0.3) is 0 Å². The Morgan fingerprint density at radius 1 is 1.36 bits per heavy atom. The highest BCUT2D eigenvalue weighted by Gasteiger charge is 2.47. The first kappa shape index (κ1) is 14.9. The monoisotopic (exact) mass is 410 g/mol. The number of carbonyl (C=O) groups excluding carboxylic acids is 1. The molecule has 5 N–H and O–H groups in total. The van der Waals surface area contributed by atoms with Gasteiger partial charge in [0.05, 0.1) is 40.1 Å². The molecule has 158 valence electrons. The van der Waals surface area contributed by atoms with Gasteiger partial charge in [-0.05, 0) is 0 Å². The molecule has 0 radical (unpaired) electrons. The highest BCUT2D eigenvalue weighted by Crippen LogP contribution is 2.36. The molecule has 6 unspecified atom stereocenters. The molecule has 11 heteroatoms. The highest BCUT2D eigenvalue weighted by atomic mass is 16.8. The van der Waals surface area contributed by atoms with Crippen molar-refractivity contribution in [2.24, 2.45) is 11.8 Å². The molecule has 1 fully saturated rings. The predicted octanol–water partition coefficient (Wildman–Crippen LogP) is -1.89. The molecule has 0 spiro atoms. The number of hydrogen-bond donors (Lipinski definition) is 5. The van der Waals surface area contributed by atoms with Crippen molar-refractivity contribution in [1.29, 1.82) is 0 Å². The molecule has 0 aliphatic carbocycles. The lowest BCUT2D eigenvalue weighted by Gasteiger charge is -2.42. The Kier molecular flexibility index (Phi) is 5.03. The minimum Gasteiger partial charge on any atom is -0.481 e. The number of carboxylic acids is 1. The number of carbonyl (C=O) groups is 2.